The average Bonchev–Trinajstić information content (AvgIpc) is 3.11. The predicted molar refractivity (Wildman–Crippen MR) is 123 cm³/mol. The lowest BCUT2D eigenvalue weighted by atomic mass is 10.1. The SMILES string of the molecule is CCc1cccc2c1cc(C)n2C(=O)c1ccc(OCCc2ccccc2C)cc1. The number of nitrogens with zero attached hydrogens (tertiary/aromatic N) is 1. The molecular formula is C27H27NO2. The Labute approximate surface area is 177 Å². The molecule has 0 fully saturated rings. The number of carbonyl (C=O) groups is 1. The second-order valence-corrected chi connectivity index (χ2v) is 7.68. The topological polar surface area (TPSA) is 31.2 Å². The van der Waals surface area contributed by atoms with E-state index in [1.54, 1.807) is 0 Å². The van der Waals surface area contributed by atoms with E-state index in [4.69, 9.17) is 4.74 Å². The first-order valence-corrected chi connectivity index (χ1v) is 10.5. The number of hydrogen-bond donors (Lipinski definition) is 0. The second-order valence-electron chi connectivity index (χ2n) is 7.68. The number of aromatic nitrogens is 1. The third-order valence-corrected chi connectivity index (χ3v) is 5.71. The Hall–Kier alpha value is -3.33. The highest BCUT2D eigenvalue weighted by Crippen LogP contribution is 2.25. The summed E-state index contributed by atoms with van der Waals surface area (Å²) in [6, 6.07) is 24.1. The molecule has 152 valence electrons. The molecule has 0 spiro atoms. The molecule has 0 saturated carbocycles. The van der Waals surface area contributed by atoms with E-state index in [9.17, 15) is 4.79 Å². The molecule has 0 aliphatic heterocycles. The minimum atomic E-state index is -0.0118. The van der Waals surface area contributed by atoms with E-state index in [0.29, 0.717) is 12.2 Å². The maximum Gasteiger partial charge on any atom is 0.262 e. The molecule has 4 rings (SSSR count). The van der Waals surface area contributed by atoms with Gasteiger partial charge in [-0.05, 0) is 73.4 Å². The van der Waals surface area contributed by atoms with Gasteiger partial charge in [-0.2, -0.15) is 0 Å². The molecule has 0 aliphatic rings. The van der Waals surface area contributed by atoms with Crippen LogP contribution in [0.4, 0.5) is 0 Å². The van der Waals surface area contributed by atoms with Crippen molar-refractivity contribution in [2.45, 2.75) is 33.6 Å². The highest BCUT2D eigenvalue weighted by atomic mass is 16.5. The van der Waals surface area contributed by atoms with Gasteiger partial charge in [0.25, 0.3) is 5.91 Å². The largest absolute Gasteiger partial charge is 0.493 e. The van der Waals surface area contributed by atoms with E-state index < -0.39 is 0 Å². The van der Waals surface area contributed by atoms with Crippen molar-refractivity contribution in [3.05, 3.63) is 101 Å². The summed E-state index contributed by atoms with van der Waals surface area (Å²) in [6.45, 7) is 6.85. The molecule has 3 heteroatoms. The van der Waals surface area contributed by atoms with Crippen LogP contribution in [-0.4, -0.2) is 17.1 Å². The highest BCUT2D eigenvalue weighted by Gasteiger charge is 2.16. The number of ether oxygens (including phenoxy) is 1. The van der Waals surface area contributed by atoms with Crippen LogP contribution < -0.4 is 4.74 Å². The zero-order valence-corrected chi connectivity index (χ0v) is 17.8. The van der Waals surface area contributed by atoms with Crippen LogP contribution in [0.25, 0.3) is 10.9 Å². The van der Waals surface area contributed by atoms with Crippen molar-refractivity contribution in [1.29, 1.82) is 0 Å². The quantitative estimate of drug-likeness (QED) is 0.392. The number of carbonyl (C=O) groups excluding carboxylic acids is 1. The molecule has 0 unspecified atom stereocenters. The second kappa shape index (κ2) is 8.58. The zero-order chi connectivity index (χ0) is 21.1. The minimum absolute atomic E-state index is 0.0118. The van der Waals surface area contributed by atoms with Crippen LogP contribution in [0.3, 0.4) is 0 Å². The van der Waals surface area contributed by atoms with Crippen molar-refractivity contribution >= 4 is 16.8 Å². The molecule has 0 radical (unpaired) electrons. The van der Waals surface area contributed by atoms with E-state index in [1.165, 1.54) is 16.7 Å². The van der Waals surface area contributed by atoms with Crippen molar-refractivity contribution in [3.63, 3.8) is 0 Å². The maximum absolute atomic E-state index is 13.2. The van der Waals surface area contributed by atoms with Crippen LogP contribution in [0.5, 0.6) is 5.75 Å². The van der Waals surface area contributed by atoms with Crippen molar-refractivity contribution in [1.82, 2.24) is 4.57 Å². The van der Waals surface area contributed by atoms with Crippen molar-refractivity contribution in [2.24, 2.45) is 0 Å². The summed E-state index contributed by atoms with van der Waals surface area (Å²) in [6.07, 6.45) is 1.81. The van der Waals surface area contributed by atoms with Crippen molar-refractivity contribution in [3.8, 4) is 5.75 Å². The highest BCUT2D eigenvalue weighted by molar-refractivity contribution is 6.03. The van der Waals surface area contributed by atoms with Gasteiger partial charge in [0.15, 0.2) is 0 Å². The van der Waals surface area contributed by atoms with Crippen LogP contribution in [0, 0.1) is 13.8 Å². The van der Waals surface area contributed by atoms with Gasteiger partial charge in [0, 0.05) is 23.1 Å². The van der Waals surface area contributed by atoms with Gasteiger partial charge in [0.1, 0.15) is 5.75 Å². The zero-order valence-electron chi connectivity index (χ0n) is 17.8. The molecule has 1 aromatic heterocycles. The van der Waals surface area contributed by atoms with E-state index in [1.807, 2.05) is 54.0 Å². The van der Waals surface area contributed by atoms with Crippen LogP contribution in [0.2, 0.25) is 0 Å². The molecule has 0 saturated heterocycles. The van der Waals surface area contributed by atoms with Crippen molar-refractivity contribution < 1.29 is 9.53 Å². The summed E-state index contributed by atoms with van der Waals surface area (Å²) in [5, 5.41) is 1.15. The van der Waals surface area contributed by atoms with Gasteiger partial charge in [-0.1, -0.05) is 43.3 Å². The van der Waals surface area contributed by atoms with E-state index in [-0.39, 0.29) is 5.91 Å². The number of benzene rings is 3. The number of hydrogen-bond acceptors (Lipinski definition) is 2. The van der Waals surface area contributed by atoms with Gasteiger partial charge in [-0.3, -0.25) is 9.36 Å². The standard InChI is InChI=1S/C27H27NO2/c1-4-21-10-7-11-26-25(21)18-20(3)28(26)27(29)23-12-14-24(15-13-23)30-17-16-22-9-6-5-8-19(22)2/h5-15,18H,4,16-17H2,1-3H3. The summed E-state index contributed by atoms with van der Waals surface area (Å²) < 4.78 is 7.70. The lowest BCUT2D eigenvalue weighted by Gasteiger charge is -2.10. The van der Waals surface area contributed by atoms with Gasteiger partial charge in [0.05, 0.1) is 12.1 Å². The Kier molecular flexibility index (Phi) is 5.71. The summed E-state index contributed by atoms with van der Waals surface area (Å²) in [5.41, 5.74) is 6.42. The fourth-order valence-electron chi connectivity index (χ4n) is 3.99. The lowest BCUT2D eigenvalue weighted by Crippen LogP contribution is -2.13. The first-order chi connectivity index (χ1) is 14.6. The Morgan fingerprint density at radius 3 is 2.37 bits per heavy atom. The summed E-state index contributed by atoms with van der Waals surface area (Å²) in [5.74, 6) is 0.768. The van der Waals surface area contributed by atoms with E-state index in [2.05, 4.69) is 44.2 Å². The Morgan fingerprint density at radius 1 is 0.900 bits per heavy atom. The molecule has 3 nitrogen and oxygen atoms in total. The Morgan fingerprint density at radius 2 is 1.63 bits per heavy atom. The van der Waals surface area contributed by atoms with Crippen molar-refractivity contribution in [2.75, 3.05) is 6.61 Å². The average molecular weight is 398 g/mol. The monoisotopic (exact) mass is 397 g/mol. The van der Waals surface area contributed by atoms with E-state index >= 15 is 0 Å². The molecular weight excluding hydrogens is 370 g/mol. The van der Waals surface area contributed by atoms with Gasteiger partial charge in [-0.15, -0.1) is 0 Å². The van der Waals surface area contributed by atoms with Gasteiger partial charge < -0.3 is 4.74 Å². The minimum Gasteiger partial charge on any atom is -0.493 e. The number of rotatable bonds is 6. The predicted octanol–water partition coefficient (Wildman–Crippen LogP) is 6.13. The normalized spacial score (nSPS) is 11.0. The fraction of sp³-hybridized carbons (Fsp3) is 0.222. The van der Waals surface area contributed by atoms with Gasteiger partial charge in [0.2, 0.25) is 0 Å². The fourth-order valence-corrected chi connectivity index (χ4v) is 3.99. The Balaban J connectivity index is 1.49. The van der Waals surface area contributed by atoms with Gasteiger partial charge in [-0.25, -0.2) is 0 Å². The smallest absolute Gasteiger partial charge is 0.262 e. The third kappa shape index (κ3) is 3.88. The molecule has 30 heavy (non-hydrogen) atoms. The molecule has 3 aromatic carbocycles. The van der Waals surface area contributed by atoms with Crippen LogP contribution in [0.1, 0.15) is 39.7 Å². The third-order valence-electron chi connectivity index (χ3n) is 5.71. The van der Waals surface area contributed by atoms with Crippen LogP contribution >= 0.6 is 0 Å². The van der Waals surface area contributed by atoms with Crippen LogP contribution in [0.15, 0.2) is 72.8 Å². The number of aryl methyl sites for hydroxylation is 3. The van der Waals surface area contributed by atoms with Crippen LogP contribution in [-0.2, 0) is 12.8 Å². The molecule has 0 bridgehead atoms. The van der Waals surface area contributed by atoms with E-state index in [0.717, 1.165) is 35.2 Å². The molecule has 1 heterocycles. The first-order valence-electron chi connectivity index (χ1n) is 10.5. The lowest BCUT2D eigenvalue weighted by molar-refractivity contribution is 0.0963. The summed E-state index contributed by atoms with van der Waals surface area (Å²) >= 11 is 0. The molecule has 4 aromatic rings. The first kappa shape index (κ1) is 20.0. The Bertz CT molecular complexity index is 1190. The summed E-state index contributed by atoms with van der Waals surface area (Å²) in [7, 11) is 0. The maximum atomic E-state index is 13.2. The molecule has 0 aliphatic carbocycles. The molecule has 0 atom stereocenters. The molecule has 0 N–H and O–H groups in total. The summed E-state index contributed by atoms with van der Waals surface area (Å²) in [4.78, 5) is 13.2. The molecule has 0 amide bonds. The number of fused-ring (bicyclic) bond motifs is 1. The van der Waals surface area contributed by atoms with Gasteiger partial charge >= 0.3 is 0 Å².